The smallest absolute Gasteiger partial charge is 0.145 e. The van der Waals surface area contributed by atoms with Crippen LogP contribution in [0, 0.1) is 23.4 Å². The van der Waals surface area contributed by atoms with Gasteiger partial charge in [-0.3, -0.25) is 0 Å². The molecule has 3 aromatic carbocycles. The maximum Gasteiger partial charge on any atom is 0.145 e. The predicted octanol–water partition coefficient (Wildman–Crippen LogP) is 10.1. The van der Waals surface area contributed by atoms with Crippen molar-refractivity contribution in [2.45, 2.75) is 77.0 Å². The molecule has 0 amide bonds. The Labute approximate surface area is 212 Å². The molecule has 0 spiro atoms. The van der Waals surface area contributed by atoms with E-state index in [0.717, 1.165) is 30.5 Å². The van der Waals surface area contributed by atoms with Gasteiger partial charge >= 0.3 is 0 Å². The van der Waals surface area contributed by atoms with Crippen molar-refractivity contribution < 1.29 is 13.2 Å². The van der Waals surface area contributed by atoms with Gasteiger partial charge in [-0.1, -0.05) is 67.8 Å². The molecule has 4 rings (SSSR count). The number of hydrogen-bond acceptors (Lipinski definition) is 0. The fourth-order valence-corrected chi connectivity index (χ4v) is 5.46. The van der Waals surface area contributed by atoms with E-state index >= 15 is 0 Å². The summed E-state index contributed by atoms with van der Waals surface area (Å²) in [5.74, 6) is -0.938. The summed E-state index contributed by atoms with van der Waals surface area (Å²) in [5.41, 5.74) is 4.17. The van der Waals surface area contributed by atoms with Crippen LogP contribution in [-0.4, -0.2) is 0 Å². The molecule has 0 nitrogen and oxygen atoms in total. The summed E-state index contributed by atoms with van der Waals surface area (Å²) in [7, 11) is 0. The highest BCUT2D eigenvalue weighted by atomic mass is 35.5. The van der Waals surface area contributed by atoms with Gasteiger partial charge in [-0.05, 0) is 104 Å². The molecule has 1 saturated carbocycles. The van der Waals surface area contributed by atoms with Gasteiger partial charge < -0.3 is 0 Å². The first-order valence-electron chi connectivity index (χ1n) is 13.0. The van der Waals surface area contributed by atoms with Crippen molar-refractivity contribution in [1.82, 2.24) is 0 Å². The Balaban J connectivity index is 1.28. The van der Waals surface area contributed by atoms with Gasteiger partial charge in [-0.2, -0.15) is 0 Å². The third-order valence-corrected chi connectivity index (χ3v) is 7.90. The van der Waals surface area contributed by atoms with E-state index in [1.807, 2.05) is 6.07 Å². The van der Waals surface area contributed by atoms with Gasteiger partial charge in [-0.15, -0.1) is 0 Å². The quantitative estimate of drug-likeness (QED) is 0.203. The van der Waals surface area contributed by atoms with Crippen LogP contribution >= 0.6 is 11.6 Å². The zero-order chi connectivity index (χ0) is 24.8. The molecule has 1 fully saturated rings. The summed E-state index contributed by atoms with van der Waals surface area (Å²) in [6, 6.07) is 16.4. The normalized spacial score (nSPS) is 18.1. The van der Waals surface area contributed by atoms with Crippen molar-refractivity contribution in [2.75, 3.05) is 0 Å². The molecule has 0 radical (unpaired) electrons. The van der Waals surface area contributed by atoms with Gasteiger partial charge in [0, 0.05) is 5.56 Å². The highest BCUT2D eigenvalue weighted by Gasteiger charge is 2.22. The summed E-state index contributed by atoms with van der Waals surface area (Å²) in [6.45, 7) is 2.24. The first-order chi connectivity index (χ1) is 16.9. The van der Waals surface area contributed by atoms with Crippen LogP contribution in [0.5, 0.6) is 0 Å². The van der Waals surface area contributed by atoms with E-state index in [2.05, 4.69) is 31.2 Å². The number of hydrogen-bond donors (Lipinski definition) is 0. The molecule has 0 N–H and O–H groups in total. The molecule has 0 atom stereocenters. The highest BCUT2D eigenvalue weighted by molar-refractivity contribution is 6.31. The maximum absolute atomic E-state index is 14.7. The van der Waals surface area contributed by atoms with Crippen molar-refractivity contribution in [3.8, 4) is 11.1 Å². The molecular formula is C31H34ClF3. The summed E-state index contributed by atoms with van der Waals surface area (Å²) in [4.78, 5) is 0. The minimum Gasteiger partial charge on any atom is -0.206 e. The van der Waals surface area contributed by atoms with Gasteiger partial charge in [0.2, 0.25) is 0 Å². The Morgan fingerprint density at radius 3 is 2.03 bits per heavy atom. The van der Waals surface area contributed by atoms with Gasteiger partial charge in [0.25, 0.3) is 0 Å². The SMILES string of the molecule is CCCCCc1ccc([C@H]2CC[C@H](CCc3ccc(-c4cc(F)c(Cl)c(F)c4)c(F)c3)CC2)cc1. The molecule has 186 valence electrons. The molecular weight excluding hydrogens is 465 g/mol. The second-order valence-corrected chi connectivity index (χ2v) is 10.4. The van der Waals surface area contributed by atoms with E-state index in [4.69, 9.17) is 11.6 Å². The third-order valence-electron chi connectivity index (χ3n) is 7.54. The van der Waals surface area contributed by atoms with E-state index in [-0.39, 0.29) is 11.1 Å². The Morgan fingerprint density at radius 1 is 0.743 bits per heavy atom. The molecule has 0 saturated heterocycles. The lowest BCUT2D eigenvalue weighted by Crippen LogP contribution is -2.14. The largest absolute Gasteiger partial charge is 0.206 e. The number of benzene rings is 3. The molecule has 35 heavy (non-hydrogen) atoms. The van der Waals surface area contributed by atoms with E-state index in [1.165, 1.54) is 68.6 Å². The lowest BCUT2D eigenvalue weighted by molar-refractivity contribution is 0.310. The van der Waals surface area contributed by atoms with E-state index in [0.29, 0.717) is 11.8 Å². The Bertz CT molecular complexity index is 1090. The van der Waals surface area contributed by atoms with E-state index in [1.54, 1.807) is 6.07 Å². The zero-order valence-electron chi connectivity index (χ0n) is 20.4. The van der Waals surface area contributed by atoms with Crippen molar-refractivity contribution in [3.05, 3.63) is 93.8 Å². The van der Waals surface area contributed by atoms with Crippen molar-refractivity contribution in [2.24, 2.45) is 5.92 Å². The standard InChI is InChI=1S/C31H34ClF3/c1-2-3-4-5-21-8-13-24(14-9-21)25-15-10-22(11-16-25)6-7-23-12-17-27(28(33)18-23)26-19-29(34)31(32)30(35)20-26/h8-9,12-14,17-20,22,25H,2-7,10-11,15-16H2,1H3/t22-,25-. The van der Waals surface area contributed by atoms with E-state index in [9.17, 15) is 13.2 Å². The van der Waals surface area contributed by atoms with Gasteiger partial charge in [0.1, 0.15) is 22.5 Å². The van der Waals surface area contributed by atoms with Crippen molar-refractivity contribution in [1.29, 1.82) is 0 Å². The van der Waals surface area contributed by atoms with Crippen LogP contribution in [0.1, 0.15) is 80.9 Å². The summed E-state index contributed by atoms with van der Waals surface area (Å²) in [5, 5.41) is -0.570. The number of halogens is 4. The topological polar surface area (TPSA) is 0 Å². The Morgan fingerprint density at radius 2 is 1.40 bits per heavy atom. The molecule has 0 unspecified atom stereocenters. The molecule has 1 aliphatic carbocycles. The van der Waals surface area contributed by atoms with Crippen LogP contribution in [0.2, 0.25) is 5.02 Å². The average molecular weight is 499 g/mol. The third kappa shape index (κ3) is 6.70. The van der Waals surface area contributed by atoms with E-state index < -0.39 is 22.5 Å². The van der Waals surface area contributed by atoms with Crippen molar-refractivity contribution >= 4 is 11.6 Å². The van der Waals surface area contributed by atoms with Crippen LogP contribution in [0.3, 0.4) is 0 Å². The van der Waals surface area contributed by atoms with Gasteiger partial charge in [0.15, 0.2) is 0 Å². The minimum absolute atomic E-state index is 0.153. The van der Waals surface area contributed by atoms with Gasteiger partial charge in [0.05, 0.1) is 0 Å². The molecule has 0 heterocycles. The van der Waals surface area contributed by atoms with Crippen LogP contribution < -0.4 is 0 Å². The lowest BCUT2D eigenvalue weighted by Gasteiger charge is -2.29. The fraction of sp³-hybridized carbons (Fsp3) is 0.419. The molecule has 3 aromatic rings. The second-order valence-electron chi connectivity index (χ2n) is 10.0. The first-order valence-corrected chi connectivity index (χ1v) is 13.3. The van der Waals surface area contributed by atoms with Crippen LogP contribution in [0.15, 0.2) is 54.6 Å². The first kappa shape index (κ1) is 25.8. The zero-order valence-corrected chi connectivity index (χ0v) is 21.2. The second kappa shape index (κ2) is 12.1. The summed E-state index contributed by atoms with van der Waals surface area (Å²) in [6.07, 6.45) is 11.7. The molecule has 4 heteroatoms. The molecule has 1 aliphatic rings. The predicted molar refractivity (Wildman–Crippen MR) is 139 cm³/mol. The number of rotatable bonds is 9. The Hall–Kier alpha value is -2.26. The summed E-state index contributed by atoms with van der Waals surface area (Å²) >= 11 is 5.54. The number of aryl methyl sites for hydroxylation is 2. The van der Waals surface area contributed by atoms with Crippen LogP contribution in [0.4, 0.5) is 13.2 Å². The fourth-order valence-electron chi connectivity index (χ4n) is 5.35. The lowest BCUT2D eigenvalue weighted by atomic mass is 9.76. The number of unbranched alkanes of at least 4 members (excludes halogenated alkanes) is 2. The maximum atomic E-state index is 14.7. The molecule has 0 aliphatic heterocycles. The summed E-state index contributed by atoms with van der Waals surface area (Å²) < 4.78 is 42.3. The van der Waals surface area contributed by atoms with Crippen LogP contribution in [-0.2, 0) is 12.8 Å². The average Bonchev–Trinajstić information content (AvgIpc) is 2.87. The monoisotopic (exact) mass is 498 g/mol. The molecule has 0 bridgehead atoms. The minimum atomic E-state index is -0.885. The highest BCUT2D eigenvalue weighted by Crippen LogP contribution is 2.38. The van der Waals surface area contributed by atoms with Crippen LogP contribution in [0.25, 0.3) is 11.1 Å². The van der Waals surface area contributed by atoms with Crippen molar-refractivity contribution in [3.63, 3.8) is 0 Å². The Kier molecular flexibility index (Phi) is 8.94. The van der Waals surface area contributed by atoms with Gasteiger partial charge in [-0.25, -0.2) is 13.2 Å². The molecule has 0 aromatic heterocycles.